The molecule has 1 atom stereocenters. The van der Waals surface area contributed by atoms with E-state index in [1.54, 1.807) is 7.11 Å². The molecule has 0 spiro atoms. The summed E-state index contributed by atoms with van der Waals surface area (Å²) in [5.74, 6) is 0. The largest absolute Gasteiger partial charge is 0.379 e. The first-order valence-electron chi connectivity index (χ1n) is 8.45. The highest BCUT2D eigenvalue weighted by molar-refractivity contribution is 6.16. The minimum absolute atomic E-state index is 0.511. The number of fused-ring (bicyclic) bond motifs is 5. The van der Waals surface area contributed by atoms with Crippen molar-refractivity contribution in [2.24, 2.45) is 0 Å². The Bertz CT molecular complexity index is 966. The topological polar surface area (TPSA) is 21.3 Å². The lowest BCUT2D eigenvalue weighted by atomic mass is 9.74. The van der Waals surface area contributed by atoms with Gasteiger partial charge < -0.3 is 10.1 Å². The number of hydrogen-bond donors (Lipinski definition) is 1. The van der Waals surface area contributed by atoms with Crippen molar-refractivity contribution in [3.05, 3.63) is 84.9 Å². The first-order chi connectivity index (χ1) is 12.2. The van der Waals surface area contributed by atoms with Gasteiger partial charge >= 0.3 is 0 Å². The van der Waals surface area contributed by atoms with E-state index in [2.05, 4.69) is 78.6 Å². The number of nitrogens with one attached hydrogen (secondary N) is 1. The normalized spacial score (nSPS) is 14.1. The average Bonchev–Trinajstić information content (AvgIpc) is 2.81. The molecule has 0 radical (unpaired) electrons. The third-order valence-electron chi connectivity index (χ3n) is 5.11. The molecule has 0 fully saturated rings. The number of ether oxygens (including phenoxy) is 1. The van der Waals surface area contributed by atoms with Crippen LogP contribution in [0.3, 0.4) is 0 Å². The highest BCUT2D eigenvalue weighted by atomic mass is 16.5. The van der Waals surface area contributed by atoms with E-state index >= 15 is 0 Å². The molecule has 0 bridgehead atoms. The molecule has 1 aliphatic heterocycles. The third kappa shape index (κ3) is 2.48. The zero-order chi connectivity index (χ0) is 17.4. The minimum atomic E-state index is -0.511. The van der Waals surface area contributed by atoms with Crippen LogP contribution >= 0.6 is 0 Å². The van der Waals surface area contributed by atoms with E-state index in [4.69, 9.17) is 4.74 Å². The van der Waals surface area contributed by atoms with Crippen LogP contribution in [0.5, 0.6) is 0 Å². The summed E-state index contributed by atoms with van der Waals surface area (Å²) in [4.78, 5) is 0. The molecule has 1 unspecified atom stereocenters. The molecule has 0 aromatic heterocycles. The van der Waals surface area contributed by atoms with E-state index in [0.717, 1.165) is 16.9 Å². The van der Waals surface area contributed by atoms with Gasteiger partial charge in [-0.2, -0.15) is 0 Å². The molecule has 122 valence electrons. The Morgan fingerprint density at radius 1 is 0.880 bits per heavy atom. The molecule has 25 heavy (non-hydrogen) atoms. The van der Waals surface area contributed by atoms with Crippen LogP contribution in [0.1, 0.15) is 5.56 Å². The molecule has 1 aliphatic rings. The number of rotatable bonds is 3. The summed E-state index contributed by atoms with van der Waals surface area (Å²) in [6.07, 6.45) is 1.85. The van der Waals surface area contributed by atoms with Crippen LogP contribution in [0.25, 0.3) is 22.3 Å². The first kappa shape index (κ1) is 15.7. The van der Waals surface area contributed by atoms with Gasteiger partial charge in [-0.25, -0.2) is 0 Å². The highest BCUT2D eigenvalue weighted by Crippen LogP contribution is 2.45. The van der Waals surface area contributed by atoms with Crippen molar-refractivity contribution in [2.75, 3.05) is 12.4 Å². The zero-order valence-corrected chi connectivity index (χ0v) is 14.5. The van der Waals surface area contributed by atoms with Gasteiger partial charge in [0.15, 0.2) is 7.85 Å². The maximum absolute atomic E-state index is 5.71. The van der Waals surface area contributed by atoms with Gasteiger partial charge in [-0.15, -0.1) is 6.58 Å². The highest BCUT2D eigenvalue weighted by Gasteiger charge is 2.25. The van der Waals surface area contributed by atoms with E-state index in [0.29, 0.717) is 0 Å². The van der Waals surface area contributed by atoms with Crippen LogP contribution in [-0.2, 0) is 10.2 Å². The predicted octanol–water partition coefficient (Wildman–Crippen LogP) is 4.70. The molecular weight excluding hydrogens is 305 g/mol. The monoisotopic (exact) mass is 325 g/mol. The van der Waals surface area contributed by atoms with Crippen LogP contribution in [-0.4, -0.2) is 15.0 Å². The SMILES string of the molecule is BC(C=C)(OC)c1ccc2c(c1)-c1ccccc1-c1ccccc1N2. The Morgan fingerprint density at radius 2 is 1.48 bits per heavy atom. The number of methoxy groups -OCH3 is 1. The summed E-state index contributed by atoms with van der Waals surface area (Å²) < 4.78 is 5.71. The van der Waals surface area contributed by atoms with Gasteiger partial charge in [-0.3, -0.25) is 0 Å². The van der Waals surface area contributed by atoms with E-state index in [-0.39, 0.29) is 0 Å². The van der Waals surface area contributed by atoms with Crippen LogP contribution in [0.15, 0.2) is 79.4 Å². The standard InChI is InChI=1S/C22H20BNO/c1-3-22(23,25-2)15-12-13-21-19(14-15)17-9-5-4-8-16(17)18-10-6-7-11-20(18)24-21/h3-14,24H,1,23H2,2H3. The molecule has 0 saturated carbocycles. The van der Waals surface area contributed by atoms with Crippen molar-refractivity contribution in [1.29, 1.82) is 0 Å². The number of para-hydroxylation sites is 1. The fourth-order valence-corrected chi connectivity index (χ4v) is 3.43. The second-order valence-electron chi connectivity index (χ2n) is 6.49. The summed E-state index contributed by atoms with van der Waals surface area (Å²) in [7, 11) is 3.75. The predicted molar refractivity (Wildman–Crippen MR) is 108 cm³/mol. The molecular formula is C22H20BNO. The van der Waals surface area contributed by atoms with Crippen molar-refractivity contribution in [2.45, 2.75) is 5.50 Å². The lowest BCUT2D eigenvalue weighted by molar-refractivity contribution is 0.103. The average molecular weight is 325 g/mol. The quantitative estimate of drug-likeness (QED) is 0.436. The molecule has 0 saturated heterocycles. The van der Waals surface area contributed by atoms with Gasteiger partial charge in [-0.05, 0) is 34.9 Å². The maximum Gasteiger partial charge on any atom is 0.154 e. The molecule has 1 heterocycles. The summed E-state index contributed by atoms with van der Waals surface area (Å²) in [5, 5.41) is 3.60. The molecule has 3 heteroatoms. The molecule has 0 amide bonds. The molecule has 4 rings (SSSR count). The van der Waals surface area contributed by atoms with E-state index in [9.17, 15) is 0 Å². The van der Waals surface area contributed by atoms with Crippen molar-refractivity contribution >= 4 is 19.2 Å². The fraction of sp³-hybridized carbons (Fsp3) is 0.0909. The van der Waals surface area contributed by atoms with Crippen LogP contribution < -0.4 is 5.32 Å². The number of hydrogen-bond acceptors (Lipinski definition) is 2. The third-order valence-corrected chi connectivity index (χ3v) is 5.11. The number of benzene rings is 3. The molecule has 3 aromatic carbocycles. The van der Waals surface area contributed by atoms with Gasteiger partial charge in [0.05, 0.1) is 5.50 Å². The van der Waals surface area contributed by atoms with Crippen LogP contribution in [0.4, 0.5) is 11.4 Å². The van der Waals surface area contributed by atoms with Gasteiger partial charge in [-0.1, -0.05) is 54.6 Å². The zero-order valence-electron chi connectivity index (χ0n) is 14.5. The Morgan fingerprint density at radius 3 is 2.16 bits per heavy atom. The van der Waals surface area contributed by atoms with Crippen molar-refractivity contribution in [1.82, 2.24) is 0 Å². The molecule has 0 aliphatic carbocycles. The summed E-state index contributed by atoms with van der Waals surface area (Å²) in [6.45, 7) is 3.95. The van der Waals surface area contributed by atoms with E-state index < -0.39 is 5.50 Å². The second kappa shape index (κ2) is 5.94. The summed E-state index contributed by atoms with van der Waals surface area (Å²) in [5.41, 5.74) is 7.65. The number of anilines is 2. The van der Waals surface area contributed by atoms with Gasteiger partial charge in [0, 0.05) is 29.6 Å². The maximum atomic E-state index is 5.71. The molecule has 3 aromatic rings. The Kier molecular flexibility index (Phi) is 3.74. The summed E-state index contributed by atoms with van der Waals surface area (Å²) in [6, 6.07) is 23.4. The lowest BCUT2D eigenvalue weighted by Gasteiger charge is -2.26. The van der Waals surface area contributed by atoms with E-state index in [1.165, 1.54) is 22.3 Å². The second-order valence-corrected chi connectivity index (χ2v) is 6.49. The van der Waals surface area contributed by atoms with Crippen molar-refractivity contribution in [3.8, 4) is 22.3 Å². The summed E-state index contributed by atoms with van der Waals surface area (Å²) >= 11 is 0. The van der Waals surface area contributed by atoms with Crippen LogP contribution in [0.2, 0.25) is 0 Å². The Hall–Kier alpha value is -2.78. The smallest absolute Gasteiger partial charge is 0.154 e. The van der Waals surface area contributed by atoms with Gasteiger partial charge in [0.2, 0.25) is 0 Å². The lowest BCUT2D eigenvalue weighted by Crippen LogP contribution is -2.25. The van der Waals surface area contributed by atoms with Gasteiger partial charge in [0.1, 0.15) is 0 Å². The van der Waals surface area contributed by atoms with Crippen molar-refractivity contribution < 1.29 is 4.74 Å². The molecule has 1 N–H and O–H groups in total. The van der Waals surface area contributed by atoms with Crippen molar-refractivity contribution in [3.63, 3.8) is 0 Å². The van der Waals surface area contributed by atoms with E-state index in [1.807, 2.05) is 13.9 Å². The minimum Gasteiger partial charge on any atom is -0.379 e. The first-order valence-corrected chi connectivity index (χ1v) is 8.45. The Labute approximate surface area is 149 Å². The molecule has 2 nitrogen and oxygen atoms in total. The van der Waals surface area contributed by atoms with Crippen LogP contribution in [0, 0.1) is 0 Å². The Balaban J connectivity index is 2.00. The fourth-order valence-electron chi connectivity index (χ4n) is 3.43. The van der Waals surface area contributed by atoms with Gasteiger partial charge in [0.25, 0.3) is 0 Å².